The van der Waals surface area contributed by atoms with Crippen molar-refractivity contribution in [3.05, 3.63) is 65.2 Å². The van der Waals surface area contributed by atoms with E-state index in [-0.39, 0.29) is 44.7 Å². The van der Waals surface area contributed by atoms with Gasteiger partial charge in [0.1, 0.15) is 25.1 Å². The molecule has 14 heteroatoms. The van der Waals surface area contributed by atoms with Gasteiger partial charge in [-0.05, 0) is 36.4 Å². The van der Waals surface area contributed by atoms with Crippen molar-refractivity contribution in [2.45, 2.75) is 42.4 Å². The first-order valence-electron chi connectivity index (χ1n) is 11.5. The molecule has 39 heavy (non-hydrogen) atoms. The molecule has 1 heterocycles. The van der Waals surface area contributed by atoms with E-state index in [1.807, 2.05) is 0 Å². The van der Waals surface area contributed by atoms with E-state index in [4.69, 9.17) is 53.8 Å². The summed E-state index contributed by atoms with van der Waals surface area (Å²) < 4.78 is 49.7. The van der Waals surface area contributed by atoms with Crippen molar-refractivity contribution in [2.75, 3.05) is 19.1 Å². The zero-order valence-corrected chi connectivity index (χ0v) is 24.0. The van der Waals surface area contributed by atoms with Crippen LogP contribution in [0.5, 0.6) is 11.5 Å². The number of ether oxygens (including phenoxy) is 4. The molecular weight excluding hydrogens is 595 g/mol. The lowest BCUT2D eigenvalue weighted by Gasteiger charge is -2.18. The molecule has 0 amide bonds. The monoisotopic (exact) mass is 618 g/mol. The molecule has 210 valence electrons. The Morgan fingerprint density at radius 3 is 2.05 bits per heavy atom. The molecule has 0 fully saturated rings. The SMILES string of the molecule is CC(=O)OC(CCl)COc1c(Cl)cc(S(=O)(=O)c2ccc(OCC(Cn3ccnc3)OC(C)=O)cc2)cc1Cl. The van der Waals surface area contributed by atoms with E-state index < -0.39 is 34.0 Å². The molecule has 3 rings (SSSR count). The molecule has 10 nitrogen and oxygen atoms in total. The van der Waals surface area contributed by atoms with Gasteiger partial charge in [-0.2, -0.15) is 0 Å². The highest BCUT2D eigenvalue weighted by Gasteiger charge is 2.23. The molecular formula is C25H25Cl3N2O8S. The lowest BCUT2D eigenvalue weighted by atomic mass is 10.3. The molecule has 2 aromatic carbocycles. The second kappa shape index (κ2) is 13.9. The number of esters is 2. The van der Waals surface area contributed by atoms with E-state index in [9.17, 15) is 18.0 Å². The van der Waals surface area contributed by atoms with Gasteiger partial charge in [-0.15, -0.1) is 11.6 Å². The Hall–Kier alpha value is -2.99. The first-order chi connectivity index (χ1) is 18.5. The van der Waals surface area contributed by atoms with Gasteiger partial charge < -0.3 is 23.5 Å². The van der Waals surface area contributed by atoms with E-state index in [0.29, 0.717) is 12.3 Å². The highest BCUT2D eigenvalue weighted by Crippen LogP contribution is 2.37. The number of imidazole rings is 1. The van der Waals surface area contributed by atoms with E-state index in [1.165, 1.54) is 50.2 Å². The van der Waals surface area contributed by atoms with Crippen molar-refractivity contribution >= 4 is 56.6 Å². The van der Waals surface area contributed by atoms with Gasteiger partial charge in [0.25, 0.3) is 0 Å². The predicted molar refractivity (Wildman–Crippen MR) is 143 cm³/mol. The number of carbonyl (C=O) groups is 2. The van der Waals surface area contributed by atoms with Crippen molar-refractivity contribution in [2.24, 2.45) is 0 Å². The van der Waals surface area contributed by atoms with Crippen LogP contribution in [0.1, 0.15) is 13.8 Å². The first-order valence-corrected chi connectivity index (χ1v) is 14.2. The lowest BCUT2D eigenvalue weighted by molar-refractivity contribution is -0.148. The molecule has 0 aliphatic heterocycles. The van der Waals surface area contributed by atoms with Crippen LogP contribution in [0.2, 0.25) is 10.0 Å². The highest BCUT2D eigenvalue weighted by atomic mass is 35.5. The number of sulfone groups is 1. The van der Waals surface area contributed by atoms with Gasteiger partial charge in [-0.3, -0.25) is 9.59 Å². The standard InChI is InChI=1S/C25H25Cl3N2O8S/c1-16(31)37-19(11-26)13-36-25-23(27)9-22(10-24(25)28)39(33,34)21-5-3-18(4-6-21)35-14-20(38-17(2)32)12-30-8-7-29-15-30/h3-10,15,19-20H,11-14H2,1-2H3. The normalized spacial score (nSPS) is 12.8. The number of aromatic nitrogens is 2. The topological polar surface area (TPSA) is 123 Å². The average molecular weight is 620 g/mol. The Morgan fingerprint density at radius 1 is 0.923 bits per heavy atom. The number of hydrogen-bond donors (Lipinski definition) is 0. The summed E-state index contributed by atoms with van der Waals surface area (Å²) in [6, 6.07) is 8.14. The Bertz CT molecular complexity index is 1360. The van der Waals surface area contributed by atoms with E-state index in [1.54, 1.807) is 23.3 Å². The van der Waals surface area contributed by atoms with Gasteiger partial charge in [0, 0.05) is 26.2 Å². The van der Waals surface area contributed by atoms with Gasteiger partial charge in [-0.1, -0.05) is 23.2 Å². The molecule has 0 saturated heterocycles. The maximum absolute atomic E-state index is 13.2. The summed E-state index contributed by atoms with van der Waals surface area (Å²) >= 11 is 18.3. The Morgan fingerprint density at radius 2 is 1.51 bits per heavy atom. The van der Waals surface area contributed by atoms with Gasteiger partial charge in [0.15, 0.2) is 11.9 Å². The molecule has 0 aliphatic carbocycles. The van der Waals surface area contributed by atoms with Crippen molar-refractivity contribution in [1.82, 2.24) is 9.55 Å². The fourth-order valence-corrected chi connectivity index (χ4v) is 5.57. The number of rotatable bonds is 13. The number of benzene rings is 2. The molecule has 2 atom stereocenters. The number of carbonyl (C=O) groups excluding carboxylic acids is 2. The maximum atomic E-state index is 13.2. The molecule has 0 radical (unpaired) electrons. The summed E-state index contributed by atoms with van der Waals surface area (Å²) in [6.45, 7) is 2.79. The second-order valence-electron chi connectivity index (χ2n) is 8.19. The predicted octanol–water partition coefficient (Wildman–Crippen LogP) is 4.58. The first kappa shape index (κ1) is 30.6. The van der Waals surface area contributed by atoms with Crippen LogP contribution in [-0.4, -0.2) is 61.2 Å². The molecule has 1 aromatic heterocycles. The minimum atomic E-state index is -4.00. The van der Waals surface area contributed by atoms with Crippen LogP contribution < -0.4 is 9.47 Å². The van der Waals surface area contributed by atoms with Crippen LogP contribution in [0, 0.1) is 0 Å². The Balaban J connectivity index is 1.69. The van der Waals surface area contributed by atoms with Crippen LogP contribution in [-0.2, 0) is 35.4 Å². The highest BCUT2D eigenvalue weighted by molar-refractivity contribution is 7.91. The third kappa shape index (κ3) is 8.76. The molecule has 0 saturated carbocycles. The number of nitrogens with zero attached hydrogens (tertiary/aromatic N) is 2. The number of alkyl halides is 1. The van der Waals surface area contributed by atoms with Crippen LogP contribution in [0.15, 0.2) is 64.9 Å². The van der Waals surface area contributed by atoms with Crippen LogP contribution >= 0.6 is 34.8 Å². The average Bonchev–Trinajstić information content (AvgIpc) is 3.38. The van der Waals surface area contributed by atoms with Gasteiger partial charge in [0.2, 0.25) is 9.84 Å². The fourth-order valence-electron chi connectivity index (χ4n) is 3.38. The molecule has 0 aliphatic rings. The number of halogens is 3. The second-order valence-corrected chi connectivity index (χ2v) is 11.3. The van der Waals surface area contributed by atoms with Crippen molar-refractivity contribution in [1.29, 1.82) is 0 Å². The minimum Gasteiger partial charge on any atom is -0.490 e. The van der Waals surface area contributed by atoms with E-state index in [0.717, 1.165) is 0 Å². The lowest BCUT2D eigenvalue weighted by Crippen LogP contribution is -2.28. The van der Waals surface area contributed by atoms with Gasteiger partial charge in [0.05, 0.1) is 38.6 Å². The molecule has 3 aromatic rings. The summed E-state index contributed by atoms with van der Waals surface area (Å²) in [6.07, 6.45) is 3.60. The summed E-state index contributed by atoms with van der Waals surface area (Å²) in [4.78, 5) is 26.4. The molecule has 0 spiro atoms. The van der Waals surface area contributed by atoms with Crippen LogP contribution in [0.3, 0.4) is 0 Å². The quantitative estimate of drug-likeness (QED) is 0.200. The smallest absolute Gasteiger partial charge is 0.303 e. The van der Waals surface area contributed by atoms with Crippen LogP contribution in [0.25, 0.3) is 0 Å². The Labute approximate surface area is 240 Å². The minimum absolute atomic E-state index is 0.0178. The van der Waals surface area contributed by atoms with Crippen molar-refractivity contribution < 1.29 is 37.0 Å². The summed E-state index contributed by atoms with van der Waals surface area (Å²) in [5.41, 5.74) is 0. The van der Waals surface area contributed by atoms with Gasteiger partial charge >= 0.3 is 11.9 Å². The molecule has 2 unspecified atom stereocenters. The molecule has 0 N–H and O–H groups in total. The summed E-state index contributed by atoms with van der Waals surface area (Å²) in [5.74, 6) is -0.602. The zero-order chi connectivity index (χ0) is 28.6. The fraction of sp³-hybridized carbons (Fsp3) is 0.320. The van der Waals surface area contributed by atoms with Gasteiger partial charge in [-0.25, -0.2) is 13.4 Å². The van der Waals surface area contributed by atoms with Crippen molar-refractivity contribution in [3.63, 3.8) is 0 Å². The van der Waals surface area contributed by atoms with E-state index in [2.05, 4.69) is 4.98 Å². The zero-order valence-electron chi connectivity index (χ0n) is 20.9. The summed E-state index contributed by atoms with van der Waals surface area (Å²) in [7, 11) is -4.00. The largest absolute Gasteiger partial charge is 0.490 e. The van der Waals surface area contributed by atoms with Crippen LogP contribution in [0.4, 0.5) is 0 Å². The number of hydrogen-bond acceptors (Lipinski definition) is 9. The van der Waals surface area contributed by atoms with E-state index >= 15 is 0 Å². The summed E-state index contributed by atoms with van der Waals surface area (Å²) in [5, 5.41) is -0.0989. The van der Waals surface area contributed by atoms with Crippen molar-refractivity contribution in [3.8, 4) is 11.5 Å². The third-order valence-electron chi connectivity index (χ3n) is 5.08. The Kier molecular flexibility index (Phi) is 10.9. The maximum Gasteiger partial charge on any atom is 0.303 e. The third-order valence-corrected chi connectivity index (χ3v) is 7.73. The molecule has 0 bridgehead atoms.